The van der Waals surface area contributed by atoms with Crippen molar-refractivity contribution in [2.75, 3.05) is 13.1 Å². The molecule has 0 atom stereocenters. The molecule has 1 fully saturated rings. The molecule has 0 unspecified atom stereocenters. The first-order valence-corrected chi connectivity index (χ1v) is 6.70. The van der Waals surface area contributed by atoms with Gasteiger partial charge in [0.1, 0.15) is 11.6 Å². The predicted octanol–water partition coefficient (Wildman–Crippen LogP) is 3.63. The topological polar surface area (TPSA) is 12.0 Å². The second-order valence-electron chi connectivity index (χ2n) is 5.78. The van der Waals surface area contributed by atoms with Crippen LogP contribution < -0.4 is 5.32 Å². The highest BCUT2D eigenvalue weighted by Crippen LogP contribution is 2.44. The van der Waals surface area contributed by atoms with Crippen LogP contribution in [0, 0.1) is 17.6 Å². The highest BCUT2D eigenvalue weighted by Gasteiger charge is 2.40. The Balaban J connectivity index is 2.11. The molecular formula is C15H21F2N. The van der Waals surface area contributed by atoms with Crippen molar-refractivity contribution in [2.24, 2.45) is 5.92 Å². The van der Waals surface area contributed by atoms with E-state index in [-0.39, 0.29) is 5.41 Å². The predicted molar refractivity (Wildman–Crippen MR) is 69.6 cm³/mol. The number of benzene rings is 1. The van der Waals surface area contributed by atoms with Crippen LogP contribution in [0.1, 0.15) is 38.7 Å². The zero-order chi connectivity index (χ0) is 13.2. The largest absolute Gasteiger partial charge is 0.316 e. The van der Waals surface area contributed by atoms with Crippen molar-refractivity contribution in [3.8, 4) is 0 Å². The summed E-state index contributed by atoms with van der Waals surface area (Å²) in [5, 5.41) is 3.41. The van der Waals surface area contributed by atoms with Crippen molar-refractivity contribution in [1.82, 2.24) is 5.32 Å². The van der Waals surface area contributed by atoms with Gasteiger partial charge >= 0.3 is 0 Å². The Kier molecular flexibility index (Phi) is 4.00. The van der Waals surface area contributed by atoms with Gasteiger partial charge in [-0.3, -0.25) is 0 Å². The molecule has 18 heavy (non-hydrogen) atoms. The van der Waals surface area contributed by atoms with Gasteiger partial charge in [-0.05, 0) is 36.9 Å². The summed E-state index contributed by atoms with van der Waals surface area (Å²) in [5.41, 5.74) is 0.554. The van der Waals surface area contributed by atoms with Gasteiger partial charge in [-0.25, -0.2) is 8.78 Å². The first-order chi connectivity index (χ1) is 8.53. The number of hydrogen-bond acceptors (Lipinski definition) is 1. The molecule has 0 bridgehead atoms. The van der Waals surface area contributed by atoms with Crippen molar-refractivity contribution in [1.29, 1.82) is 0 Å². The van der Waals surface area contributed by atoms with E-state index in [0.29, 0.717) is 11.5 Å². The molecule has 1 aromatic carbocycles. The lowest BCUT2D eigenvalue weighted by Gasteiger charge is -2.43. The molecule has 0 spiro atoms. The summed E-state index contributed by atoms with van der Waals surface area (Å²) >= 11 is 0. The monoisotopic (exact) mass is 253 g/mol. The van der Waals surface area contributed by atoms with Crippen molar-refractivity contribution < 1.29 is 8.78 Å². The maximum Gasteiger partial charge on any atom is 0.129 e. The van der Waals surface area contributed by atoms with Gasteiger partial charge in [0.15, 0.2) is 0 Å². The Morgan fingerprint density at radius 1 is 1.28 bits per heavy atom. The van der Waals surface area contributed by atoms with Crippen molar-refractivity contribution in [3.63, 3.8) is 0 Å². The van der Waals surface area contributed by atoms with Gasteiger partial charge in [0.05, 0.1) is 0 Å². The molecule has 0 heterocycles. The third-order valence-corrected chi connectivity index (χ3v) is 3.83. The van der Waals surface area contributed by atoms with Crippen molar-refractivity contribution in [3.05, 3.63) is 35.4 Å². The summed E-state index contributed by atoms with van der Waals surface area (Å²) < 4.78 is 26.8. The maximum absolute atomic E-state index is 13.9. The quantitative estimate of drug-likeness (QED) is 0.845. The van der Waals surface area contributed by atoms with Crippen LogP contribution in [0.4, 0.5) is 8.78 Å². The van der Waals surface area contributed by atoms with Gasteiger partial charge in [-0.15, -0.1) is 0 Å². The molecule has 0 aliphatic heterocycles. The SMILES string of the molecule is CC(C)CNCC1(c2ccc(F)cc2F)CCC1. The van der Waals surface area contributed by atoms with Crippen molar-refractivity contribution >= 4 is 0 Å². The Hall–Kier alpha value is -0.960. The minimum Gasteiger partial charge on any atom is -0.316 e. The van der Waals surface area contributed by atoms with E-state index in [1.807, 2.05) is 0 Å². The fourth-order valence-corrected chi connectivity index (χ4v) is 2.66. The molecule has 1 saturated carbocycles. The zero-order valence-electron chi connectivity index (χ0n) is 11.1. The highest BCUT2D eigenvalue weighted by atomic mass is 19.1. The zero-order valence-corrected chi connectivity index (χ0v) is 11.1. The van der Waals surface area contributed by atoms with Crippen LogP contribution in [0.5, 0.6) is 0 Å². The lowest BCUT2D eigenvalue weighted by molar-refractivity contribution is 0.223. The summed E-state index contributed by atoms with van der Waals surface area (Å²) in [4.78, 5) is 0. The van der Waals surface area contributed by atoms with Crippen LogP contribution in [0.3, 0.4) is 0 Å². The Labute approximate surface area is 108 Å². The van der Waals surface area contributed by atoms with Gasteiger partial charge < -0.3 is 5.32 Å². The van der Waals surface area contributed by atoms with Gasteiger partial charge in [0, 0.05) is 18.0 Å². The van der Waals surface area contributed by atoms with Crippen LogP contribution in [0.15, 0.2) is 18.2 Å². The van der Waals surface area contributed by atoms with E-state index in [1.165, 1.54) is 6.07 Å². The molecule has 2 rings (SSSR count). The summed E-state index contributed by atoms with van der Waals surface area (Å²) in [6, 6.07) is 3.97. The molecule has 0 amide bonds. The molecule has 3 heteroatoms. The summed E-state index contributed by atoms with van der Waals surface area (Å²) in [7, 11) is 0. The summed E-state index contributed by atoms with van der Waals surface area (Å²) in [6.07, 6.45) is 3.10. The fraction of sp³-hybridized carbons (Fsp3) is 0.600. The second-order valence-corrected chi connectivity index (χ2v) is 5.78. The lowest BCUT2D eigenvalue weighted by Crippen LogP contribution is -2.45. The second kappa shape index (κ2) is 5.35. The third kappa shape index (κ3) is 2.72. The number of rotatable bonds is 5. The molecular weight excluding hydrogens is 232 g/mol. The van der Waals surface area contributed by atoms with Gasteiger partial charge in [0.25, 0.3) is 0 Å². The number of hydrogen-bond donors (Lipinski definition) is 1. The fourth-order valence-electron chi connectivity index (χ4n) is 2.66. The molecule has 1 aromatic rings. The average molecular weight is 253 g/mol. The third-order valence-electron chi connectivity index (χ3n) is 3.83. The maximum atomic E-state index is 13.9. The molecule has 0 saturated heterocycles. The average Bonchev–Trinajstić information content (AvgIpc) is 2.23. The van der Waals surface area contributed by atoms with E-state index < -0.39 is 11.6 Å². The molecule has 0 aromatic heterocycles. The lowest BCUT2D eigenvalue weighted by atomic mass is 9.64. The molecule has 1 aliphatic rings. The minimum atomic E-state index is -0.499. The Bertz CT molecular complexity index is 411. The molecule has 1 N–H and O–H groups in total. The molecule has 1 nitrogen and oxygen atoms in total. The van der Waals surface area contributed by atoms with E-state index in [2.05, 4.69) is 19.2 Å². The standard InChI is InChI=1S/C15H21F2N/c1-11(2)9-18-10-15(6-3-7-15)13-5-4-12(16)8-14(13)17/h4-5,8,11,18H,3,6-7,9-10H2,1-2H3. The number of halogens is 2. The van der Waals surface area contributed by atoms with E-state index in [9.17, 15) is 8.78 Å². The van der Waals surface area contributed by atoms with Crippen LogP contribution in [-0.4, -0.2) is 13.1 Å². The van der Waals surface area contributed by atoms with Gasteiger partial charge in [0.2, 0.25) is 0 Å². The van der Waals surface area contributed by atoms with Crippen LogP contribution in [-0.2, 0) is 5.41 Å². The highest BCUT2D eigenvalue weighted by molar-refractivity contribution is 5.30. The Morgan fingerprint density at radius 2 is 2.00 bits per heavy atom. The summed E-state index contributed by atoms with van der Waals surface area (Å²) in [5.74, 6) is -0.317. The van der Waals surface area contributed by atoms with Crippen molar-refractivity contribution in [2.45, 2.75) is 38.5 Å². The van der Waals surface area contributed by atoms with E-state index in [0.717, 1.165) is 38.4 Å². The Morgan fingerprint density at radius 3 is 2.50 bits per heavy atom. The molecule has 0 radical (unpaired) electrons. The first kappa shape index (κ1) is 13.5. The number of nitrogens with one attached hydrogen (secondary N) is 1. The minimum absolute atomic E-state index is 0.118. The summed E-state index contributed by atoms with van der Waals surface area (Å²) in [6.45, 7) is 6.02. The van der Waals surface area contributed by atoms with E-state index in [1.54, 1.807) is 6.07 Å². The smallest absolute Gasteiger partial charge is 0.129 e. The normalized spacial score (nSPS) is 17.8. The van der Waals surface area contributed by atoms with E-state index >= 15 is 0 Å². The van der Waals surface area contributed by atoms with Crippen LogP contribution >= 0.6 is 0 Å². The van der Waals surface area contributed by atoms with Crippen LogP contribution in [0.2, 0.25) is 0 Å². The van der Waals surface area contributed by atoms with Crippen LogP contribution in [0.25, 0.3) is 0 Å². The van der Waals surface area contributed by atoms with Gasteiger partial charge in [-0.2, -0.15) is 0 Å². The molecule has 1 aliphatic carbocycles. The molecule has 100 valence electrons. The van der Waals surface area contributed by atoms with Gasteiger partial charge in [-0.1, -0.05) is 26.3 Å². The van der Waals surface area contributed by atoms with E-state index in [4.69, 9.17) is 0 Å². The first-order valence-electron chi connectivity index (χ1n) is 6.70.